The summed E-state index contributed by atoms with van der Waals surface area (Å²) in [5, 5.41) is 22.4. The smallest absolute Gasteiger partial charge is 0.334 e. The quantitative estimate of drug-likeness (QED) is 0.522. The van der Waals surface area contributed by atoms with E-state index >= 15 is 0 Å². The lowest BCUT2D eigenvalue weighted by Crippen LogP contribution is -2.31. The lowest BCUT2D eigenvalue weighted by Gasteiger charge is -2.29. The average Bonchev–Trinajstić information content (AvgIpc) is 2.60. The van der Waals surface area contributed by atoms with Crippen molar-refractivity contribution < 1.29 is 19.8 Å². The Hall–Kier alpha value is -3.00. The van der Waals surface area contributed by atoms with E-state index in [-0.39, 0.29) is 11.1 Å². The highest BCUT2D eigenvalue weighted by Crippen LogP contribution is 2.39. The van der Waals surface area contributed by atoms with Crippen molar-refractivity contribution in [3.8, 4) is 11.8 Å². The zero-order valence-electron chi connectivity index (χ0n) is 15.9. The number of aliphatic carboxylic acids is 2. The Bertz CT molecular complexity index is 832. The monoisotopic (exact) mass is 367 g/mol. The number of dihydropyridines is 1. The molecule has 5 nitrogen and oxygen atoms in total. The van der Waals surface area contributed by atoms with Gasteiger partial charge >= 0.3 is 11.9 Å². The van der Waals surface area contributed by atoms with Gasteiger partial charge < -0.3 is 15.5 Å². The predicted octanol–water partition coefficient (Wildman–Crippen LogP) is 4.02. The van der Waals surface area contributed by atoms with Crippen LogP contribution in [0.25, 0.3) is 0 Å². The van der Waals surface area contributed by atoms with Gasteiger partial charge in [0.25, 0.3) is 0 Å². The molecule has 1 aliphatic rings. The van der Waals surface area contributed by atoms with E-state index in [2.05, 4.69) is 24.1 Å². The van der Waals surface area contributed by atoms with E-state index in [1.165, 1.54) is 0 Å². The van der Waals surface area contributed by atoms with Gasteiger partial charge in [0.1, 0.15) is 0 Å². The second kappa shape index (κ2) is 9.09. The van der Waals surface area contributed by atoms with E-state index in [1.807, 2.05) is 12.1 Å². The van der Waals surface area contributed by atoms with Crippen LogP contribution in [0.4, 0.5) is 0 Å². The Kier molecular flexibility index (Phi) is 6.84. The molecule has 1 aromatic carbocycles. The van der Waals surface area contributed by atoms with Crippen LogP contribution in [0.5, 0.6) is 0 Å². The maximum absolute atomic E-state index is 11.9. The minimum absolute atomic E-state index is 0.0400. The Labute approximate surface area is 159 Å². The number of nitrogens with one attached hydrogen (secondary N) is 1. The molecule has 0 amide bonds. The molecular formula is C22H25NO4. The number of hydrogen-bond acceptors (Lipinski definition) is 3. The average molecular weight is 367 g/mol. The van der Waals surface area contributed by atoms with Crippen LogP contribution in [0.1, 0.15) is 63.5 Å². The van der Waals surface area contributed by atoms with Crippen molar-refractivity contribution in [3.63, 3.8) is 0 Å². The van der Waals surface area contributed by atoms with Crippen LogP contribution in [-0.4, -0.2) is 22.2 Å². The second-order valence-corrected chi connectivity index (χ2v) is 6.59. The Morgan fingerprint density at radius 3 is 2.19 bits per heavy atom. The highest BCUT2D eigenvalue weighted by molar-refractivity contribution is 5.98. The zero-order valence-corrected chi connectivity index (χ0v) is 15.9. The molecule has 3 N–H and O–H groups in total. The number of unbranched alkanes of at least 4 members (excludes halogenated alkanes) is 3. The molecule has 0 radical (unpaired) electrons. The normalized spacial score (nSPS) is 14.5. The number of carboxylic acids is 2. The molecule has 0 saturated carbocycles. The molecule has 1 heterocycles. The molecule has 1 aromatic rings. The van der Waals surface area contributed by atoms with Crippen molar-refractivity contribution in [2.75, 3.05) is 0 Å². The molecule has 0 aromatic heterocycles. The van der Waals surface area contributed by atoms with Crippen LogP contribution in [0.3, 0.4) is 0 Å². The first-order valence-corrected chi connectivity index (χ1v) is 9.11. The Morgan fingerprint density at radius 2 is 1.63 bits per heavy atom. The number of benzene rings is 1. The summed E-state index contributed by atoms with van der Waals surface area (Å²) in [5.41, 5.74) is 2.24. The fraction of sp³-hybridized carbons (Fsp3) is 0.364. The van der Waals surface area contributed by atoms with Gasteiger partial charge in [-0.1, -0.05) is 49.8 Å². The minimum Gasteiger partial charge on any atom is -0.478 e. The van der Waals surface area contributed by atoms with E-state index in [0.717, 1.165) is 25.7 Å². The molecule has 0 bridgehead atoms. The van der Waals surface area contributed by atoms with Crippen LogP contribution in [0, 0.1) is 11.8 Å². The summed E-state index contributed by atoms with van der Waals surface area (Å²) < 4.78 is 0. The third-order valence-corrected chi connectivity index (χ3v) is 4.62. The number of carbonyl (C=O) groups is 2. The zero-order chi connectivity index (χ0) is 20.0. The summed E-state index contributed by atoms with van der Waals surface area (Å²) in [6.45, 7) is 5.43. The molecule has 0 spiro atoms. The van der Waals surface area contributed by atoms with E-state index in [9.17, 15) is 19.8 Å². The maximum Gasteiger partial charge on any atom is 0.334 e. The lowest BCUT2D eigenvalue weighted by atomic mass is 9.78. The van der Waals surface area contributed by atoms with Crippen molar-refractivity contribution in [2.45, 2.75) is 52.4 Å². The van der Waals surface area contributed by atoms with Crippen LogP contribution in [0.15, 0.2) is 46.8 Å². The number of allylic oxidation sites excluding steroid dienone is 2. The summed E-state index contributed by atoms with van der Waals surface area (Å²) in [6, 6.07) is 7.18. The minimum atomic E-state index is -1.14. The fourth-order valence-corrected chi connectivity index (χ4v) is 3.36. The van der Waals surface area contributed by atoms with Crippen LogP contribution in [0.2, 0.25) is 0 Å². The molecule has 0 atom stereocenters. The van der Waals surface area contributed by atoms with Crippen molar-refractivity contribution in [1.29, 1.82) is 0 Å². The molecule has 142 valence electrons. The van der Waals surface area contributed by atoms with Gasteiger partial charge in [-0.3, -0.25) is 0 Å². The van der Waals surface area contributed by atoms with Crippen molar-refractivity contribution in [2.24, 2.45) is 0 Å². The van der Waals surface area contributed by atoms with Crippen molar-refractivity contribution in [1.82, 2.24) is 5.32 Å². The van der Waals surface area contributed by atoms with E-state index < -0.39 is 17.9 Å². The maximum atomic E-state index is 11.9. The van der Waals surface area contributed by atoms with Crippen LogP contribution < -0.4 is 5.32 Å². The summed E-state index contributed by atoms with van der Waals surface area (Å²) in [6.07, 6.45) is 4.00. The molecule has 0 aliphatic carbocycles. The molecule has 1 aliphatic heterocycles. The number of carboxylic acid groups (broad SMARTS) is 2. The van der Waals surface area contributed by atoms with E-state index in [0.29, 0.717) is 22.5 Å². The Morgan fingerprint density at radius 1 is 1.04 bits per heavy atom. The summed E-state index contributed by atoms with van der Waals surface area (Å²) >= 11 is 0. The molecule has 2 rings (SSSR count). The van der Waals surface area contributed by atoms with Gasteiger partial charge in [-0.2, -0.15) is 0 Å². The molecule has 27 heavy (non-hydrogen) atoms. The molecule has 0 unspecified atom stereocenters. The number of hydrogen-bond donors (Lipinski definition) is 3. The molecular weight excluding hydrogens is 342 g/mol. The molecule has 0 fully saturated rings. The van der Waals surface area contributed by atoms with Gasteiger partial charge in [0, 0.05) is 23.4 Å². The third-order valence-electron chi connectivity index (χ3n) is 4.62. The van der Waals surface area contributed by atoms with Crippen molar-refractivity contribution >= 4 is 11.9 Å². The lowest BCUT2D eigenvalue weighted by molar-refractivity contribution is -0.133. The standard InChI is InChI=1S/C22H25NO4/c1-4-5-6-7-8-11-16-12-9-10-13-17(16)20-18(21(24)25)14(2)23-15(3)19(20)22(26)27/h9-10,12-13,20,23H,4-7H2,1-3H3,(H,24,25)(H,26,27). The topological polar surface area (TPSA) is 86.6 Å². The summed E-state index contributed by atoms with van der Waals surface area (Å²) in [5.74, 6) is 3.10. The van der Waals surface area contributed by atoms with E-state index in [1.54, 1.807) is 26.0 Å². The predicted molar refractivity (Wildman–Crippen MR) is 104 cm³/mol. The van der Waals surface area contributed by atoms with Gasteiger partial charge in [-0.25, -0.2) is 9.59 Å². The van der Waals surface area contributed by atoms with E-state index in [4.69, 9.17) is 0 Å². The van der Waals surface area contributed by atoms with Gasteiger partial charge in [0.2, 0.25) is 0 Å². The van der Waals surface area contributed by atoms with Crippen molar-refractivity contribution in [3.05, 3.63) is 57.9 Å². The molecule has 0 saturated heterocycles. The highest BCUT2D eigenvalue weighted by atomic mass is 16.4. The highest BCUT2D eigenvalue weighted by Gasteiger charge is 2.37. The SMILES string of the molecule is CCCCCC#Cc1ccccc1C1C(C(=O)O)=C(C)NC(C)=C1C(=O)O. The first kappa shape index (κ1) is 20.3. The van der Waals surface area contributed by atoms with Gasteiger partial charge in [-0.15, -0.1) is 0 Å². The first-order chi connectivity index (χ1) is 12.9. The second-order valence-electron chi connectivity index (χ2n) is 6.59. The van der Waals surface area contributed by atoms with Gasteiger partial charge in [0.05, 0.1) is 17.1 Å². The van der Waals surface area contributed by atoms with Crippen LogP contribution >= 0.6 is 0 Å². The Balaban J connectivity index is 2.56. The first-order valence-electron chi connectivity index (χ1n) is 9.11. The fourth-order valence-electron chi connectivity index (χ4n) is 3.36. The van der Waals surface area contributed by atoms with Gasteiger partial charge in [0.15, 0.2) is 0 Å². The molecule has 5 heteroatoms. The largest absolute Gasteiger partial charge is 0.478 e. The summed E-state index contributed by atoms with van der Waals surface area (Å²) in [7, 11) is 0. The third kappa shape index (κ3) is 4.59. The van der Waals surface area contributed by atoms with Crippen LogP contribution in [-0.2, 0) is 9.59 Å². The summed E-state index contributed by atoms with van der Waals surface area (Å²) in [4.78, 5) is 23.8. The number of rotatable bonds is 6. The van der Waals surface area contributed by atoms with Gasteiger partial charge in [-0.05, 0) is 31.9 Å².